The van der Waals surface area contributed by atoms with Crippen LogP contribution in [0.25, 0.3) is 0 Å². The van der Waals surface area contributed by atoms with E-state index in [1.54, 1.807) is 0 Å². The van der Waals surface area contributed by atoms with Gasteiger partial charge >= 0.3 is 0 Å². The van der Waals surface area contributed by atoms with E-state index in [2.05, 4.69) is 37.1 Å². The van der Waals surface area contributed by atoms with Crippen LogP contribution in [-0.4, -0.2) is 39.5 Å². The van der Waals surface area contributed by atoms with Crippen LogP contribution in [0.4, 0.5) is 0 Å². The molecular formula is C15H27N3O. The molecule has 1 aliphatic rings. The van der Waals surface area contributed by atoms with Gasteiger partial charge in [0, 0.05) is 37.8 Å². The molecule has 0 aromatic carbocycles. The van der Waals surface area contributed by atoms with Gasteiger partial charge in [0.15, 0.2) is 0 Å². The van der Waals surface area contributed by atoms with Crippen molar-refractivity contribution in [3.8, 4) is 0 Å². The lowest BCUT2D eigenvalue weighted by Crippen LogP contribution is -2.41. The summed E-state index contributed by atoms with van der Waals surface area (Å²) >= 11 is 0. The van der Waals surface area contributed by atoms with E-state index in [1.807, 2.05) is 17.9 Å². The lowest BCUT2D eigenvalue weighted by atomic mass is 9.73. The molecule has 2 rings (SSSR count). The van der Waals surface area contributed by atoms with Crippen LogP contribution in [0.5, 0.6) is 0 Å². The first-order valence-corrected chi connectivity index (χ1v) is 7.29. The highest BCUT2D eigenvalue weighted by Gasteiger charge is 2.33. The Bertz CT molecular complexity index is 392. The van der Waals surface area contributed by atoms with Gasteiger partial charge in [-0.2, -0.15) is 5.10 Å². The highest BCUT2D eigenvalue weighted by atomic mass is 16.3. The topological polar surface area (TPSA) is 41.3 Å². The van der Waals surface area contributed by atoms with Crippen molar-refractivity contribution in [3.05, 3.63) is 18.0 Å². The van der Waals surface area contributed by atoms with E-state index in [0.29, 0.717) is 17.8 Å². The highest BCUT2D eigenvalue weighted by molar-refractivity contribution is 5.03. The maximum absolute atomic E-state index is 10.3. The first-order valence-electron chi connectivity index (χ1n) is 7.29. The Labute approximate surface area is 116 Å². The van der Waals surface area contributed by atoms with Gasteiger partial charge in [0.2, 0.25) is 0 Å². The van der Waals surface area contributed by atoms with E-state index in [-0.39, 0.29) is 6.10 Å². The quantitative estimate of drug-likeness (QED) is 0.904. The minimum Gasteiger partial charge on any atom is -0.393 e. The van der Waals surface area contributed by atoms with Crippen molar-refractivity contribution < 1.29 is 5.11 Å². The fourth-order valence-corrected chi connectivity index (χ4v) is 3.46. The van der Waals surface area contributed by atoms with Crippen molar-refractivity contribution in [2.75, 3.05) is 13.6 Å². The van der Waals surface area contributed by atoms with Crippen LogP contribution in [0.3, 0.4) is 0 Å². The molecule has 1 heterocycles. The number of hydrogen-bond donors (Lipinski definition) is 1. The van der Waals surface area contributed by atoms with Gasteiger partial charge in [0.25, 0.3) is 0 Å². The molecule has 4 atom stereocenters. The summed E-state index contributed by atoms with van der Waals surface area (Å²) in [6.07, 6.45) is 6.02. The van der Waals surface area contributed by atoms with Crippen molar-refractivity contribution in [1.29, 1.82) is 0 Å². The van der Waals surface area contributed by atoms with E-state index in [4.69, 9.17) is 0 Å². The summed E-state index contributed by atoms with van der Waals surface area (Å²) in [7, 11) is 4.07. The molecule has 0 spiro atoms. The molecule has 1 fully saturated rings. The predicted molar refractivity (Wildman–Crippen MR) is 76.6 cm³/mol. The Morgan fingerprint density at radius 1 is 1.42 bits per heavy atom. The van der Waals surface area contributed by atoms with E-state index in [9.17, 15) is 5.11 Å². The summed E-state index contributed by atoms with van der Waals surface area (Å²) in [4.78, 5) is 2.30. The summed E-state index contributed by atoms with van der Waals surface area (Å²) in [5.41, 5.74) is 1.23. The van der Waals surface area contributed by atoms with Crippen LogP contribution < -0.4 is 0 Å². The maximum atomic E-state index is 10.3. The summed E-state index contributed by atoms with van der Waals surface area (Å²) in [6, 6.07) is 0. The Morgan fingerprint density at radius 3 is 2.74 bits per heavy atom. The van der Waals surface area contributed by atoms with Crippen molar-refractivity contribution in [3.63, 3.8) is 0 Å². The van der Waals surface area contributed by atoms with Crippen LogP contribution in [-0.2, 0) is 13.6 Å². The van der Waals surface area contributed by atoms with Crippen molar-refractivity contribution in [2.24, 2.45) is 24.8 Å². The molecule has 0 aliphatic heterocycles. The maximum Gasteiger partial charge on any atom is 0.0585 e. The molecule has 108 valence electrons. The minimum absolute atomic E-state index is 0.143. The van der Waals surface area contributed by atoms with Crippen LogP contribution >= 0.6 is 0 Å². The molecule has 1 aromatic rings. The zero-order chi connectivity index (χ0) is 14.0. The average Bonchev–Trinajstić information content (AvgIpc) is 2.69. The second-order valence-electron chi connectivity index (χ2n) is 6.50. The number of aromatic nitrogens is 2. The lowest BCUT2D eigenvalue weighted by Gasteiger charge is -2.38. The predicted octanol–water partition coefficient (Wildman–Crippen LogP) is 1.90. The monoisotopic (exact) mass is 265 g/mol. The lowest BCUT2D eigenvalue weighted by molar-refractivity contribution is 0.000594. The molecule has 0 saturated heterocycles. The minimum atomic E-state index is -0.143. The number of aliphatic hydroxyl groups excluding tert-OH is 1. The van der Waals surface area contributed by atoms with E-state index < -0.39 is 0 Å². The van der Waals surface area contributed by atoms with E-state index in [1.165, 1.54) is 12.0 Å². The van der Waals surface area contributed by atoms with Crippen molar-refractivity contribution in [1.82, 2.24) is 14.7 Å². The third-order valence-corrected chi connectivity index (χ3v) is 4.38. The molecule has 4 unspecified atom stereocenters. The number of aliphatic hydroxyl groups is 1. The molecule has 1 N–H and O–H groups in total. The fourth-order valence-electron chi connectivity index (χ4n) is 3.46. The smallest absolute Gasteiger partial charge is 0.0585 e. The zero-order valence-corrected chi connectivity index (χ0v) is 12.6. The number of rotatable bonds is 4. The van der Waals surface area contributed by atoms with Crippen LogP contribution in [0.2, 0.25) is 0 Å². The molecule has 0 radical (unpaired) electrons. The first kappa shape index (κ1) is 14.5. The molecule has 4 heteroatoms. The SMILES string of the molecule is CC1CC(C)C(CN(C)Cc2cnn(C)c2)C(O)C1. The molecule has 19 heavy (non-hydrogen) atoms. The highest BCUT2D eigenvalue weighted by Crippen LogP contribution is 2.34. The van der Waals surface area contributed by atoms with Gasteiger partial charge in [-0.3, -0.25) is 4.68 Å². The Balaban J connectivity index is 1.89. The van der Waals surface area contributed by atoms with Gasteiger partial charge in [-0.15, -0.1) is 0 Å². The van der Waals surface area contributed by atoms with Gasteiger partial charge < -0.3 is 10.0 Å². The van der Waals surface area contributed by atoms with Gasteiger partial charge in [0.05, 0.1) is 12.3 Å². The average molecular weight is 265 g/mol. The summed E-state index contributed by atoms with van der Waals surface area (Å²) < 4.78 is 1.84. The van der Waals surface area contributed by atoms with Gasteiger partial charge in [-0.05, 0) is 31.7 Å². The van der Waals surface area contributed by atoms with Crippen molar-refractivity contribution in [2.45, 2.75) is 39.3 Å². The molecule has 4 nitrogen and oxygen atoms in total. The van der Waals surface area contributed by atoms with E-state index in [0.717, 1.165) is 19.5 Å². The van der Waals surface area contributed by atoms with Crippen molar-refractivity contribution >= 4 is 0 Å². The van der Waals surface area contributed by atoms with Crippen LogP contribution in [0, 0.1) is 17.8 Å². The van der Waals surface area contributed by atoms with Crippen LogP contribution in [0.15, 0.2) is 12.4 Å². The number of aryl methyl sites for hydroxylation is 1. The fraction of sp³-hybridized carbons (Fsp3) is 0.800. The third-order valence-electron chi connectivity index (χ3n) is 4.38. The van der Waals surface area contributed by atoms with Gasteiger partial charge in [-0.25, -0.2) is 0 Å². The third kappa shape index (κ3) is 3.80. The Kier molecular flexibility index (Phi) is 4.63. The van der Waals surface area contributed by atoms with E-state index >= 15 is 0 Å². The first-order chi connectivity index (χ1) is 8.95. The summed E-state index contributed by atoms with van der Waals surface area (Å²) in [5.74, 6) is 1.66. The largest absolute Gasteiger partial charge is 0.393 e. The summed E-state index contributed by atoms with van der Waals surface area (Å²) in [6.45, 7) is 6.39. The Hall–Kier alpha value is -0.870. The molecule has 1 aliphatic carbocycles. The second-order valence-corrected chi connectivity index (χ2v) is 6.50. The normalized spacial score (nSPS) is 31.9. The summed E-state index contributed by atoms with van der Waals surface area (Å²) in [5, 5.41) is 14.5. The van der Waals surface area contributed by atoms with Gasteiger partial charge in [0.1, 0.15) is 0 Å². The molecule has 1 aromatic heterocycles. The molecule has 0 bridgehead atoms. The molecule has 1 saturated carbocycles. The zero-order valence-electron chi connectivity index (χ0n) is 12.6. The van der Waals surface area contributed by atoms with Crippen LogP contribution in [0.1, 0.15) is 32.3 Å². The Morgan fingerprint density at radius 2 is 2.16 bits per heavy atom. The molecule has 0 amide bonds. The number of hydrogen-bond acceptors (Lipinski definition) is 3. The second kappa shape index (κ2) is 6.06. The van der Waals surface area contributed by atoms with Gasteiger partial charge in [-0.1, -0.05) is 13.8 Å². The standard InChI is InChI=1S/C15H27N3O/c1-11-5-12(2)14(15(19)6-11)10-17(3)8-13-7-16-18(4)9-13/h7,9,11-12,14-15,19H,5-6,8,10H2,1-4H3. The number of nitrogens with zero attached hydrogens (tertiary/aromatic N) is 3. The molecular weight excluding hydrogens is 238 g/mol.